The van der Waals surface area contributed by atoms with Crippen molar-refractivity contribution in [2.45, 2.75) is 64.8 Å². The highest BCUT2D eigenvalue weighted by atomic mass is 15.1. The van der Waals surface area contributed by atoms with Crippen molar-refractivity contribution in [3.05, 3.63) is 0 Å². The zero-order chi connectivity index (χ0) is 11.8. The normalized spacial score (nSPS) is 19.1. The van der Waals surface area contributed by atoms with E-state index >= 15 is 0 Å². The van der Waals surface area contributed by atoms with E-state index in [0.29, 0.717) is 12.0 Å². The van der Waals surface area contributed by atoms with E-state index in [9.17, 15) is 0 Å². The Bertz CT molecular complexity index is 205. The molecule has 0 heterocycles. The molecule has 0 saturated heterocycles. The minimum Gasteiger partial charge on any atom is -0.370 e. The zero-order valence-electron chi connectivity index (χ0n) is 10.8. The average molecular weight is 225 g/mol. The summed E-state index contributed by atoms with van der Waals surface area (Å²) in [4.78, 5) is 4.37. The molecule has 1 saturated carbocycles. The van der Waals surface area contributed by atoms with Gasteiger partial charge in [-0.3, -0.25) is 4.99 Å². The Balaban J connectivity index is 2.12. The molecule has 0 aromatic rings. The van der Waals surface area contributed by atoms with Crippen molar-refractivity contribution in [2.75, 3.05) is 6.54 Å². The molecule has 3 heteroatoms. The first-order valence-electron chi connectivity index (χ1n) is 6.75. The molecule has 0 spiro atoms. The van der Waals surface area contributed by atoms with E-state index in [-0.39, 0.29) is 0 Å². The number of nitrogens with zero attached hydrogens (tertiary/aromatic N) is 1. The Hall–Kier alpha value is -0.730. The molecule has 0 aromatic heterocycles. The molecule has 16 heavy (non-hydrogen) atoms. The molecule has 0 amide bonds. The largest absolute Gasteiger partial charge is 0.370 e. The molecule has 0 radical (unpaired) electrons. The summed E-state index contributed by atoms with van der Waals surface area (Å²) >= 11 is 0. The number of nitrogens with two attached hydrogens (primary N) is 1. The van der Waals surface area contributed by atoms with E-state index in [2.05, 4.69) is 24.2 Å². The van der Waals surface area contributed by atoms with Crippen molar-refractivity contribution < 1.29 is 0 Å². The topological polar surface area (TPSA) is 50.4 Å². The minimum atomic E-state index is 0.572. The molecule has 0 aromatic carbocycles. The Morgan fingerprint density at radius 3 is 2.62 bits per heavy atom. The molecule has 0 unspecified atom stereocenters. The molecule has 0 bridgehead atoms. The van der Waals surface area contributed by atoms with Gasteiger partial charge in [0, 0.05) is 12.6 Å². The fourth-order valence-corrected chi connectivity index (χ4v) is 2.20. The number of rotatable bonds is 5. The van der Waals surface area contributed by atoms with Crippen molar-refractivity contribution >= 4 is 5.96 Å². The van der Waals surface area contributed by atoms with Crippen LogP contribution < -0.4 is 11.1 Å². The van der Waals surface area contributed by atoms with E-state index in [4.69, 9.17) is 5.73 Å². The van der Waals surface area contributed by atoms with Gasteiger partial charge in [0.1, 0.15) is 0 Å². The minimum absolute atomic E-state index is 0.572. The number of hydrogen-bond donors (Lipinski definition) is 2. The molecular formula is C13H27N3. The molecule has 1 aliphatic carbocycles. The van der Waals surface area contributed by atoms with Crippen LogP contribution in [0.1, 0.15) is 58.8 Å². The fraction of sp³-hybridized carbons (Fsp3) is 0.923. The van der Waals surface area contributed by atoms with Gasteiger partial charge in [-0.05, 0) is 31.6 Å². The lowest BCUT2D eigenvalue weighted by Crippen LogP contribution is -2.41. The molecule has 0 aliphatic heterocycles. The Kier molecular flexibility index (Phi) is 6.27. The maximum Gasteiger partial charge on any atom is 0.188 e. The number of hydrogen-bond acceptors (Lipinski definition) is 1. The van der Waals surface area contributed by atoms with Gasteiger partial charge in [-0.1, -0.05) is 33.1 Å². The number of guanidine groups is 1. The molecule has 94 valence electrons. The Morgan fingerprint density at radius 1 is 1.31 bits per heavy atom. The predicted molar refractivity (Wildman–Crippen MR) is 70.6 cm³/mol. The quantitative estimate of drug-likeness (QED) is 0.429. The zero-order valence-corrected chi connectivity index (χ0v) is 10.8. The first kappa shape index (κ1) is 13.3. The molecule has 1 aliphatic rings. The Morgan fingerprint density at radius 2 is 2.00 bits per heavy atom. The van der Waals surface area contributed by atoms with Crippen molar-refractivity contribution in [2.24, 2.45) is 16.6 Å². The van der Waals surface area contributed by atoms with Crippen LogP contribution in [-0.2, 0) is 0 Å². The molecule has 1 rings (SSSR count). The second kappa shape index (κ2) is 7.53. The van der Waals surface area contributed by atoms with E-state index in [0.717, 1.165) is 18.9 Å². The van der Waals surface area contributed by atoms with Crippen LogP contribution in [0.25, 0.3) is 0 Å². The molecular weight excluding hydrogens is 198 g/mol. The van der Waals surface area contributed by atoms with Crippen LogP contribution in [0.4, 0.5) is 0 Å². The van der Waals surface area contributed by atoms with Crippen LogP contribution in [0.5, 0.6) is 0 Å². The average Bonchev–Trinajstić information content (AvgIpc) is 2.25. The third-order valence-electron chi connectivity index (χ3n) is 3.18. The summed E-state index contributed by atoms with van der Waals surface area (Å²) in [6.45, 7) is 5.35. The summed E-state index contributed by atoms with van der Waals surface area (Å²) in [6, 6.07) is 0.572. The number of nitrogens with one attached hydrogen (secondary N) is 1. The predicted octanol–water partition coefficient (Wildman–Crippen LogP) is 2.66. The van der Waals surface area contributed by atoms with Gasteiger partial charge in [0.25, 0.3) is 0 Å². The van der Waals surface area contributed by atoms with Gasteiger partial charge in [-0.2, -0.15) is 0 Å². The van der Waals surface area contributed by atoms with Crippen molar-refractivity contribution in [1.29, 1.82) is 0 Å². The lowest BCUT2D eigenvalue weighted by molar-refractivity contribution is 0.412. The van der Waals surface area contributed by atoms with Gasteiger partial charge in [-0.25, -0.2) is 0 Å². The summed E-state index contributed by atoms with van der Waals surface area (Å²) in [6.07, 6.45) is 8.93. The molecule has 0 atom stereocenters. The lowest BCUT2D eigenvalue weighted by atomic mass is 9.96. The fourth-order valence-electron chi connectivity index (χ4n) is 2.20. The van der Waals surface area contributed by atoms with Gasteiger partial charge in [0.15, 0.2) is 5.96 Å². The van der Waals surface area contributed by atoms with Crippen LogP contribution >= 0.6 is 0 Å². The summed E-state index contributed by atoms with van der Waals surface area (Å²) in [5.41, 5.74) is 5.86. The van der Waals surface area contributed by atoms with E-state index in [1.165, 1.54) is 38.5 Å². The highest BCUT2D eigenvalue weighted by Gasteiger charge is 2.12. The van der Waals surface area contributed by atoms with Gasteiger partial charge in [0.05, 0.1) is 0 Å². The standard InChI is InChI=1S/C13H27N3/c1-11(2)7-6-10-15-13(14)16-12-8-4-3-5-9-12/h11-12H,3-10H2,1-2H3,(H3,14,15,16). The second-order valence-electron chi connectivity index (χ2n) is 5.28. The van der Waals surface area contributed by atoms with Crippen LogP contribution in [0, 0.1) is 5.92 Å². The van der Waals surface area contributed by atoms with Gasteiger partial charge in [-0.15, -0.1) is 0 Å². The lowest BCUT2D eigenvalue weighted by Gasteiger charge is -2.23. The molecule has 3 nitrogen and oxygen atoms in total. The molecule has 3 N–H and O–H groups in total. The highest BCUT2D eigenvalue weighted by molar-refractivity contribution is 5.78. The Labute approximate surface area is 99.9 Å². The first-order valence-corrected chi connectivity index (χ1v) is 6.75. The van der Waals surface area contributed by atoms with Gasteiger partial charge >= 0.3 is 0 Å². The van der Waals surface area contributed by atoms with Crippen LogP contribution in [0.2, 0.25) is 0 Å². The summed E-state index contributed by atoms with van der Waals surface area (Å²) in [7, 11) is 0. The van der Waals surface area contributed by atoms with Crippen molar-refractivity contribution in [3.63, 3.8) is 0 Å². The number of aliphatic imine (C=N–C) groups is 1. The maximum atomic E-state index is 5.86. The third kappa shape index (κ3) is 5.99. The highest BCUT2D eigenvalue weighted by Crippen LogP contribution is 2.16. The van der Waals surface area contributed by atoms with Crippen molar-refractivity contribution in [1.82, 2.24) is 5.32 Å². The first-order chi connectivity index (χ1) is 7.68. The van der Waals surface area contributed by atoms with Crippen molar-refractivity contribution in [3.8, 4) is 0 Å². The van der Waals surface area contributed by atoms with Crippen LogP contribution in [-0.4, -0.2) is 18.5 Å². The molecule has 1 fully saturated rings. The van der Waals surface area contributed by atoms with Gasteiger partial charge < -0.3 is 11.1 Å². The summed E-state index contributed by atoms with van der Waals surface area (Å²) in [5.74, 6) is 1.42. The van der Waals surface area contributed by atoms with E-state index in [1.807, 2.05) is 0 Å². The monoisotopic (exact) mass is 225 g/mol. The second-order valence-corrected chi connectivity index (χ2v) is 5.28. The summed E-state index contributed by atoms with van der Waals surface area (Å²) < 4.78 is 0. The van der Waals surface area contributed by atoms with Gasteiger partial charge in [0.2, 0.25) is 0 Å². The van der Waals surface area contributed by atoms with E-state index < -0.39 is 0 Å². The maximum absolute atomic E-state index is 5.86. The SMILES string of the molecule is CC(C)CCCN=C(N)NC1CCCCC1. The van der Waals surface area contributed by atoms with Crippen LogP contribution in [0.3, 0.4) is 0 Å². The van der Waals surface area contributed by atoms with E-state index in [1.54, 1.807) is 0 Å². The summed E-state index contributed by atoms with van der Waals surface area (Å²) in [5, 5.41) is 3.33. The van der Waals surface area contributed by atoms with Crippen LogP contribution in [0.15, 0.2) is 4.99 Å². The third-order valence-corrected chi connectivity index (χ3v) is 3.18. The smallest absolute Gasteiger partial charge is 0.188 e.